The number of anilines is 1. The molecule has 2 rings (SSSR count). The minimum absolute atomic E-state index is 0.0119. The summed E-state index contributed by atoms with van der Waals surface area (Å²) in [5, 5.41) is 2.82. The van der Waals surface area contributed by atoms with Crippen LogP contribution in [0.3, 0.4) is 0 Å². The summed E-state index contributed by atoms with van der Waals surface area (Å²) < 4.78 is 13.5. The van der Waals surface area contributed by atoms with E-state index in [2.05, 4.69) is 21.2 Å². The summed E-state index contributed by atoms with van der Waals surface area (Å²) in [7, 11) is 0. The van der Waals surface area contributed by atoms with E-state index in [9.17, 15) is 9.18 Å². The molecule has 104 valence electrons. The van der Waals surface area contributed by atoms with Gasteiger partial charge in [0.25, 0.3) is 0 Å². The number of rotatable bonds is 4. The average molecular weight is 328 g/mol. The van der Waals surface area contributed by atoms with E-state index in [0.717, 1.165) is 6.42 Å². The Morgan fingerprint density at radius 2 is 2.05 bits per heavy atom. The van der Waals surface area contributed by atoms with E-state index in [1.165, 1.54) is 44.2 Å². The molecule has 0 atom stereocenters. The van der Waals surface area contributed by atoms with Crippen molar-refractivity contribution in [3.8, 4) is 0 Å². The molecule has 0 spiro atoms. The lowest BCUT2D eigenvalue weighted by molar-refractivity contribution is -0.116. The third-order valence-corrected chi connectivity index (χ3v) is 4.37. The van der Waals surface area contributed by atoms with Crippen molar-refractivity contribution in [2.75, 3.05) is 5.32 Å². The predicted molar refractivity (Wildman–Crippen MR) is 78.5 cm³/mol. The van der Waals surface area contributed by atoms with Crippen molar-refractivity contribution in [1.29, 1.82) is 0 Å². The number of carbonyl (C=O) groups is 1. The first kappa shape index (κ1) is 14.5. The molecule has 1 saturated carbocycles. The fourth-order valence-corrected chi connectivity index (χ4v) is 3.06. The molecule has 0 saturated heterocycles. The Morgan fingerprint density at radius 1 is 1.32 bits per heavy atom. The molecule has 0 bridgehead atoms. The maximum Gasteiger partial charge on any atom is 0.224 e. The molecule has 0 unspecified atom stereocenters. The maximum absolute atomic E-state index is 12.9. The Bertz CT molecular complexity index is 444. The van der Waals surface area contributed by atoms with Crippen LogP contribution in [0.2, 0.25) is 0 Å². The van der Waals surface area contributed by atoms with E-state index in [0.29, 0.717) is 22.5 Å². The van der Waals surface area contributed by atoms with E-state index in [-0.39, 0.29) is 11.7 Å². The van der Waals surface area contributed by atoms with Crippen molar-refractivity contribution in [2.45, 2.75) is 44.9 Å². The minimum Gasteiger partial charge on any atom is -0.325 e. The first-order valence-corrected chi connectivity index (χ1v) is 7.69. The monoisotopic (exact) mass is 327 g/mol. The predicted octanol–water partition coefficient (Wildman–Crippen LogP) is 4.89. The van der Waals surface area contributed by atoms with Gasteiger partial charge < -0.3 is 5.32 Å². The van der Waals surface area contributed by atoms with E-state index in [1.54, 1.807) is 6.07 Å². The summed E-state index contributed by atoms with van der Waals surface area (Å²) in [5.74, 6) is 0.404. The number of benzene rings is 1. The summed E-state index contributed by atoms with van der Waals surface area (Å²) in [6, 6.07) is 4.29. The first-order valence-electron chi connectivity index (χ1n) is 6.90. The number of halogens is 2. The van der Waals surface area contributed by atoms with Gasteiger partial charge >= 0.3 is 0 Å². The molecule has 0 radical (unpaired) electrons. The van der Waals surface area contributed by atoms with Gasteiger partial charge in [-0.25, -0.2) is 4.39 Å². The third-order valence-electron chi connectivity index (χ3n) is 3.71. The molecule has 0 aliphatic heterocycles. The Hall–Kier alpha value is -0.900. The second-order valence-corrected chi connectivity index (χ2v) is 6.07. The van der Waals surface area contributed by atoms with E-state index in [4.69, 9.17) is 0 Å². The first-order chi connectivity index (χ1) is 9.15. The number of nitrogens with one attached hydrogen (secondary N) is 1. The molecule has 1 aliphatic carbocycles. The van der Waals surface area contributed by atoms with Crippen LogP contribution in [0, 0.1) is 11.7 Å². The van der Waals surface area contributed by atoms with Gasteiger partial charge in [0.05, 0.1) is 5.69 Å². The number of carbonyl (C=O) groups excluding carboxylic acids is 1. The minimum atomic E-state index is -0.313. The lowest BCUT2D eigenvalue weighted by Gasteiger charge is -2.21. The van der Waals surface area contributed by atoms with Gasteiger partial charge in [-0.15, -0.1) is 0 Å². The molecule has 1 N–H and O–H groups in total. The zero-order valence-corrected chi connectivity index (χ0v) is 12.5. The van der Waals surface area contributed by atoms with Gasteiger partial charge in [-0.1, -0.05) is 32.1 Å². The van der Waals surface area contributed by atoms with Crippen LogP contribution < -0.4 is 5.32 Å². The molecular weight excluding hydrogens is 309 g/mol. The Morgan fingerprint density at radius 3 is 2.74 bits per heavy atom. The van der Waals surface area contributed by atoms with E-state index in [1.807, 2.05) is 0 Å². The fourth-order valence-electron chi connectivity index (χ4n) is 2.61. The van der Waals surface area contributed by atoms with E-state index >= 15 is 0 Å². The largest absolute Gasteiger partial charge is 0.325 e. The molecule has 1 aromatic rings. The van der Waals surface area contributed by atoms with Crippen molar-refractivity contribution in [3.63, 3.8) is 0 Å². The molecule has 1 aliphatic rings. The molecule has 19 heavy (non-hydrogen) atoms. The van der Waals surface area contributed by atoms with Gasteiger partial charge in [0.1, 0.15) is 5.82 Å². The fraction of sp³-hybridized carbons (Fsp3) is 0.533. The number of hydrogen-bond acceptors (Lipinski definition) is 1. The number of hydrogen-bond donors (Lipinski definition) is 1. The van der Waals surface area contributed by atoms with Crippen molar-refractivity contribution < 1.29 is 9.18 Å². The van der Waals surface area contributed by atoms with Crippen LogP contribution in [-0.4, -0.2) is 5.91 Å². The lowest BCUT2D eigenvalue weighted by Crippen LogP contribution is -2.15. The summed E-state index contributed by atoms with van der Waals surface area (Å²) in [5.41, 5.74) is 0.634. The van der Waals surface area contributed by atoms with Crippen LogP contribution in [0.4, 0.5) is 10.1 Å². The summed E-state index contributed by atoms with van der Waals surface area (Å²) in [6.07, 6.45) is 7.97. The van der Waals surface area contributed by atoms with Crippen molar-refractivity contribution in [3.05, 3.63) is 28.5 Å². The van der Waals surface area contributed by atoms with Crippen LogP contribution in [0.1, 0.15) is 44.9 Å². The highest BCUT2D eigenvalue weighted by Gasteiger charge is 2.15. The normalized spacial score (nSPS) is 16.3. The smallest absolute Gasteiger partial charge is 0.224 e. The molecule has 1 amide bonds. The molecule has 2 nitrogen and oxygen atoms in total. The van der Waals surface area contributed by atoms with Crippen LogP contribution in [-0.2, 0) is 4.79 Å². The number of amides is 1. The summed E-state index contributed by atoms with van der Waals surface area (Å²) >= 11 is 3.25. The lowest BCUT2D eigenvalue weighted by atomic mass is 9.86. The quantitative estimate of drug-likeness (QED) is 0.838. The zero-order valence-electron chi connectivity index (χ0n) is 10.9. The van der Waals surface area contributed by atoms with Crippen LogP contribution in [0.25, 0.3) is 0 Å². The van der Waals surface area contributed by atoms with Gasteiger partial charge in [0.2, 0.25) is 5.91 Å². The third kappa shape index (κ3) is 4.60. The van der Waals surface area contributed by atoms with Gasteiger partial charge in [-0.2, -0.15) is 0 Å². The molecule has 0 heterocycles. The van der Waals surface area contributed by atoms with Gasteiger partial charge in [0.15, 0.2) is 0 Å². The highest BCUT2D eigenvalue weighted by atomic mass is 79.9. The second-order valence-electron chi connectivity index (χ2n) is 5.22. The molecule has 0 aromatic heterocycles. The summed E-state index contributed by atoms with van der Waals surface area (Å²) in [4.78, 5) is 11.9. The molecule has 1 aromatic carbocycles. The Labute approximate surface area is 121 Å². The zero-order chi connectivity index (χ0) is 13.7. The highest BCUT2D eigenvalue weighted by molar-refractivity contribution is 9.10. The Balaban J connectivity index is 1.80. The summed E-state index contributed by atoms with van der Waals surface area (Å²) in [6.45, 7) is 0. The second kappa shape index (κ2) is 7.04. The van der Waals surface area contributed by atoms with Crippen molar-refractivity contribution in [1.82, 2.24) is 0 Å². The standard InChI is InChI=1S/C15H19BrFNO/c16-13-10-12(17)7-8-14(13)18-15(19)9-6-11-4-2-1-3-5-11/h7-8,10-11H,1-6,9H2,(H,18,19). The average Bonchev–Trinajstić information content (AvgIpc) is 2.41. The van der Waals surface area contributed by atoms with Gasteiger partial charge in [-0.05, 0) is 46.5 Å². The van der Waals surface area contributed by atoms with Crippen molar-refractivity contribution >= 4 is 27.5 Å². The van der Waals surface area contributed by atoms with Crippen LogP contribution in [0.5, 0.6) is 0 Å². The topological polar surface area (TPSA) is 29.1 Å². The SMILES string of the molecule is O=C(CCC1CCCCC1)Nc1ccc(F)cc1Br. The van der Waals surface area contributed by atoms with Crippen LogP contribution >= 0.6 is 15.9 Å². The maximum atomic E-state index is 12.9. The van der Waals surface area contributed by atoms with Crippen molar-refractivity contribution in [2.24, 2.45) is 5.92 Å². The van der Waals surface area contributed by atoms with Gasteiger partial charge in [-0.3, -0.25) is 4.79 Å². The Kier molecular flexibility index (Phi) is 5.37. The molecule has 1 fully saturated rings. The van der Waals surface area contributed by atoms with E-state index < -0.39 is 0 Å². The highest BCUT2D eigenvalue weighted by Crippen LogP contribution is 2.28. The van der Waals surface area contributed by atoms with Crippen LogP contribution in [0.15, 0.2) is 22.7 Å². The molecule has 4 heteroatoms. The van der Waals surface area contributed by atoms with Gasteiger partial charge in [0, 0.05) is 10.9 Å². The molecular formula is C15H19BrFNO.